The molecular formula is C15H20N4O2. The molecule has 1 aromatic heterocycles. The Kier molecular flexibility index (Phi) is 2.65. The standard InChI is InChI=1S/C15H20N4O2/c1-18-14(21)19(13(20)15(18)6-2-3-7-15)11-5-4-10-9-16-17-12(10)8-11/h9,11H,2-8H2,1H3,(H,16,17)/t11-/m0/s1. The second-order valence-corrected chi connectivity index (χ2v) is 6.53. The first-order valence-electron chi connectivity index (χ1n) is 7.76. The summed E-state index contributed by atoms with van der Waals surface area (Å²) in [5.41, 5.74) is 1.74. The van der Waals surface area contributed by atoms with Crippen LogP contribution in [-0.2, 0) is 17.6 Å². The number of aryl methyl sites for hydroxylation is 1. The zero-order valence-electron chi connectivity index (χ0n) is 12.3. The number of carbonyl (C=O) groups is 2. The van der Waals surface area contributed by atoms with Crippen LogP contribution in [0.2, 0.25) is 0 Å². The van der Waals surface area contributed by atoms with Crippen LogP contribution in [0, 0.1) is 0 Å². The van der Waals surface area contributed by atoms with E-state index in [1.54, 1.807) is 11.9 Å². The highest BCUT2D eigenvalue weighted by molar-refractivity contribution is 6.07. The SMILES string of the molecule is CN1C(=O)N([C@H]2CCc3cn[nH]c3C2)C(=O)C12CCCC2. The Morgan fingerprint density at radius 3 is 2.86 bits per heavy atom. The first-order valence-corrected chi connectivity index (χ1v) is 7.76. The second kappa shape index (κ2) is 4.32. The van der Waals surface area contributed by atoms with Gasteiger partial charge in [-0.15, -0.1) is 0 Å². The lowest BCUT2D eigenvalue weighted by molar-refractivity contribution is -0.134. The third-order valence-corrected chi connectivity index (χ3v) is 5.54. The van der Waals surface area contributed by atoms with Crippen molar-refractivity contribution in [1.82, 2.24) is 20.0 Å². The summed E-state index contributed by atoms with van der Waals surface area (Å²) in [6, 6.07) is -0.143. The number of nitrogens with one attached hydrogen (secondary N) is 1. The molecule has 112 valence electrons. The monoisotopic (exact) mass is 288 g/mol. The maximum Gasteiger partial charge on any atom is 0.327 e. The Bertz CT molecular complexity index is 603. The molecule has 4 rings (SSSR count). The smallest absolute Gasteiger partial charge is 0.313 e. The van der Waals surface area contributed by atoms with Crippen molar-refractivity contribution in [3.63, 3.8) is 0 Å². The fourth-order valence-electron chi connectivity index (χ4n) is 4.24. The van der Waals surface area contributed by atoms with E-state index in [1.807, 2.05) is 6.20 Å². The quantitative estimate of drug-likeness (QED) is 0.796. The molecule has 2 heterocycles. The molecule has 1 spiro atoms. The summed E-state index contributed by atoms with van der Waals surface area (Å²) < 4.78 is 0. The van der Waals surface area contributed by atoms with Gasteiger partial charge in [0, 0.05) is 25.2 Å². The number of rotatable bonds is 1. The van der Waals surface area contributed by atoms with Crippen molar-refractivity contribution in [2.75, 3.05) is 7.05 Å². The number of carbonyl (C=O) groups excluding carboxylic acids is 2. The van der Waals surface area contributed by atoms with Crippen LogP contribution in [0.1, 0.15) is 43.4 Å². The largest absolute Gasteiger partial charge is 0.327 e. The molecule has 3 amide bonds. The van der Waals surface area contributed by atoms with E-state index in [4.69, 9.17) is 0 Å². The lowest BCUT2D eigenvalue weighted by Gasteiger charge is -2.29. The molecule has 1 saturated heterocycles. The molecular weight excluding hydrogens is 268 g/mol. The van der Waals surface area contributed by atoms with Gasteiger partial charge in [0.15, 0.2) is 0 Å². The maximum atomic E-state index is 12.9. The van der Waals surface area contributed by atoms with Crippen LogP contribution in [0.5, 0.6) is 0 Å². The first kappa shape index (κ1) is 12.9. The average Bonchev–Trinajstić information content (AvgIpc) is 3.18. The van der Waals surface area contributed by atoms with Crippen molar-refractivity contribution in [2.45, 2.75) is 56.5 Å². The van der Waals surface area contributed by atoms with Gasteiger partial charge in [0.05, 0.1) is 6.20 Å². The van der Waals surface area contributed by atoms with E-state index in [9.17, 15) is 9.59 Å². The molecule has 21 heavy (non-hydrogen) atoms. The van der Waals surface area contributed by atoms with Gasteiger partial charge in [-0.25, -0.2) is 4.79 Å². The maximum absolute atomic E-state index is 12.9. The number of fused-ring (bicyclic) bond motifs is 1. The van der Waals surface area contributed by atoms with Crippen LogP contribution in [-0.4, -0.2) is 50.6 Å². The molecule has 2 aliphatic carbocycles. The number of hydrogen-bond donors (Lipinski definition) is 1. The molecule has 0 aromatic carbocycles. The van der Waals surface area contributed by atoms with Gasteiger partial charge in [-0.3, -0.25) is 14.8 Å². The summed E-state index contributed by atoms with van der Waals surface area (Å²) in [6.07, 6.45) is 7.97. The molecule has 2 fully saturated rings. The topological polar surface area (TPSA) is 69.3 Å². The van der Waals surface area contributed by atoms with Gasteiger partial charge in [-0.05, 0) is 31.2 Å². The zero-order valence-corrected chi connectivity index (χ0v) is 12.3. The third kappa shape index (κ3) is 1.61. The molecule has 0 radical (unpaired) electrons. The normalized spacial score (nSPS) is 27.8. The molecule has 1 atom stereocenters. The fourth-order valence-corrected chi connectivity index (χ4v) is 4.24. The van der Waals surface area contributed by atoms with E-state index in [2.05, 4.69) is 10.2 Å². The molecule has 1 saturated carbocycles. The minimum atomic E-state index is -0.550. The van der Waals surface area contributed by atoms with Gasteiger partial charge in [0.25, 0.3) is 5.91 Å². The summed E-state index contributed by atoms with van der Waals surface area (Å²) in [7, 11) is 1.79. The van der Waals surface area contributed by atoms with Gasteiger partial charge in [0.2, 0.25) is 0 Å². The van der Waals surface area contributed by atoms with Crippen LogP contribution in [0.4, 0.5) is 4.79 Å². The molecule has 6 nitrogen and oxygen atoms in total. The van der Waals surface area contributed by atoms with Gasteiger partial charge in [-0.1, -0.05) is 12.8 Å². The summed E-state index contributed by atoms with van der Waals surface area (Å²) in [5.74, 6) is 0.0282. The van der Waals surface area contributed by atoms with E-state index in [-0.39, 0.29) is 18.0 Å². The molecule has 6 heteroatoms. The van der Waals surface area contributed by atoms with Crippen molar-refractivity contribution in [3.8, 4) is 0 Å². The molecule has 0 unspecified atom stereocenters. The number of urea groups is 1. The van der Waals surface area contributed by atoms with E-state index < -0.39 is 5.54 Å². The van der Waals surface area contributed by atoms with Crippen LogP contribution in [0.25, 0.3) is 0 Å². The Balaban J connectivity index is 1.64. The van der Waals surface area contributed by atoms with E-state index in [0.717, 1.165) is 44.2 Å². The van der Waals surface area contributed by atoms with E-state index in [0.29, 0.717) is 6.42 Å². The van der Waals surface area contributed by atoms with Gasteiger partial charge < -0.3 is 4.90 Å². The van der Waals surface area contributed by atoms with Crippen LogP contribution in [0.15, 0.2) is 6.20 Å². The van der Waals surface area contributed by atoms with E-state index in [1.165, 1.54) is 10.5 Å². The van der Waals surface area contributed by atoms with E-state index >= 15 is 0 Å². The highest BCUT2D eigenvalue weighted by Gasteiger charge is 2.58. The minimum Gasteiger partial charge on any atom is -0.313 e. The summed E-state index contributed by atoms with van der Waals surface area (Å²) >= 11 is 0. The third-order valence-electron chi connectivity index (χ3n) is 5.54. The number of amides is 3. The predicted molar refractivity (Wildman–Crippen MR) is 75.6 cm³/mol. The van der Waals surface area contributed by atoms with Gasteiger partial charge >= 0.3 is 6.03 Å². The van der Waals surface area contributed by atoms with Crippen molar-refractivity contribution >= 4 is 11.9 Å². The van der Waals surface area contributed by atoms with Crippen molar-refractivity contribution in [1.29, 1.82) is 0 Å². The zero-order chi connectivity index (χ0) is 14.6. The molecule has 1 aromatic rings. The fraction of sp³-hybridized carbons (Fsp3) is 0.667. The van der Waals surface area contributed by atoms with Crippen LogP contribution < -0.4 is 0 Å². The number of likely N-dealkylation sites (N-methyl/N-ethyl adjacent to an activating group) is 1. The minimum absolute atomic E-state index is 0.0274. The Morgan fingerprint density at radius 2 is 2.10 bits per heavy atom. The second-order valence-electron chi connectivity index (χ2n) is 6.53. The lowest BCUT2D eigenvalue weighted by atomic mass is 9.91. The lowest BCUT2D eigenvalue weighted by Crippen LogP contribution is -2.47. The molecule has 1 aliphatic heterocycles. The summed E-state index contributed by atoms with van der Waals surface area (Å²) in [6.45, 7) is 0. The van der Waals surface area contributed by atoms with Crippen LogP contribution >= 0.6 is 0 Å². The average molecular weight is 288 g/mol. The Labute approximate surface area is 123 Å². The predicted octanol–water partition coefficient (Wildman–Crippen LogP) is 1.47. The van der Waals surface area contributed by atoms with Crippen molar-refractivity contribution < 1.29 is 9.59 Å². The van der Waals surface area contributed by atoms with Crippen molar-refractivity contribution in [3.05, 3.63) is 17.5 Å². The Hall–Kier alpha value is -1.85. The van der Waals surface area contributed by atoms with Gasteiger partial charge in [-0.2, -0.15) is 5.10 Å². The number of hydrogen-bond acceptors (Lipinski definition) is 3. The first-order chi connectivity index (χ1) is 10.1. The summed E-state index contributed by atoms with van der Waals surface area (Å²) in [5, 5.41) is 7.07. The molecule has 0 bridgehead atoms. The number of aromatic nitrogens is 2. The number of imide groups is 1. The molecule has 3 aliphatic rings. The highest BCUT2D eigenvalue weighted by atomic mass is 16.2. The molecule has 1 N–H and O–H groups in total. The van der Waals surface area contributed by atoms with Crippen LogP contribution in [0.3, 0.4) is 0 Å². The van der Waals surface area contributed by atoms with Gasteiger partial charge in [0.1, 0.15) is 5.54 Å². The summed E-state index contributed by atoms with van der Waals surface area (Å²) in [4.78, 5) is 28.8. The number of nitrogens with zero attached hydrogens (tertiary/aromatic N) is 3. The number of aromatic amines is 1. The highest BCUT2D eigenvalue weighted by Crippen LogP contribution is 2.42. The number of H-pyrrole nitrogens is 1. The van der Waals surface area contributed by atoms with Crippen molar-refractivity contribution in [2.24, 2.45) is 0 Å². The Morgan fingerprint density at radius 1 is 1.33 bits per heavy atom.